The van der Waals surface area contributed by atoms with Crippen molar-refractivity contribution in [1.82, 2.24) is 0 Å². The van der Waals surface area contributed by atoms with Crippen molar-refractivity contribution in [2.24, 2.45) is 0 Å². The maximum absolute atomic E-state index is 11.6. The number of hydrogen-bond donors (Lipinski definition) is 1. The summed E-state index contributed by atoms with van der Waals surface area (Å²) >= 11 is 0. The first-order valence-corrected chi connectivity index (χ1v) is 7.51. The van der Waals surface area contributed by atoms with Crippen LogP contribution in [0.15, 0.2) is 36.4 Å². The topological polar surface area (TPSA) is 55.8 Å². The average molecular weight is 314 g/mol. The molecule has 0 aliphatic carbocycles. The third-order valence-electron chi connectivity index (χ3n) is 3.82. The van der Waals surface area contributed by atoms with Crippen LogP contribution in [0.1, 0.15) is 22.3 Å². The second-order valence-electron chi connectivity index (χ2n) is 5.71. The highest BCUT2D eigenvalue weighted by Gasteiger charge is 2.22. The van der Waals surface area contributed by atoms with Crippen molar-refractivity contribution in [3.05, 3.63) is 58.7 Å². The number of carboxylic acids is 1. The molecular weight excluding hydrogens is 292 g/mol. The van der Waals surface area contributed by atoms with Gasteiger partial charge in [0.1, 0.15) is 11.5 Å². The van der Waals surface area contributed by atoms with Crippen LogP contribution in [0.3, 0.4) is 0 Å². The minimum atomic E-state index is -0.979. The molecule has 1 N–H and O–H groups in total. The molecule has 0 aliphatic heterocycles. The minimum absolute atomic E-state index is 0.324. The highest BCUT2D eigenvalue weighted by atomic mass is 16.5. The van der Waals surface area contributed by atoms with Crippen molar-refractivity contribution in [2.45, 2.75) is 33.3 Å². The van der Waals surface area contributed by atoms with E-state index in [-0.39, 0.29) is 0 Å². The van der Waals surface area contributed by atoms with E-state index in [0.717, 1.165) is 16.7 Å². The highest BCUT2D eigenvalue weighted by Crippen LogP contribution is 2.23. The maximum atomic E-state index is 11.6. The molecule has 0 aromatic heterocycles. The molecule has 23 heavy (non-hydrogen) atoms. The van der Waals surface area contributed by atoms with E-state index in [9.17, 15) is 9.90 Å². The Bertz CT molecular complexity index is 683. The van der Waals surface area contributed by atoms with Gasteiger partial charge in [-0.15, -0.1) is 0 Å². The standard InChI is InChI=1S/C19H22O4/c1-12-8-13(2)17(14(3)9-12)11-18(19(20)21)23-16-7-5-6-15(10-16)22-4/h5-10,18H,11H2,1-4H3,(H,20,21). The molecule has 2 rings (SSSR count). The number of benzene rings is 2. The zero-order chi connectivity index (χ0) is 17.0. The monoisotopic (exact) mass is 314 g/mol. The van der Waals surface area contributed by atoms with Gasteiger partial charge >= 0.3 is 5.97 Å². The smallest absolute Gasteiger partial charge is 0.345 e. The molecule has 0 radical (unpaired) electrons. The summed E-state index contributed by atoms with van der Waals surface area (Å²) in [5.74, 6) is 0.140. The molecule has 4 heteroatoms. The predicted octanol–water partition coefficient (Wildman–Crippen LogP) is 3.70. The molecular formula is C19H22O4. The van der Waals surface area contributed by atoms with E-state index in [2.05, 4.69) is 12.1 Å². The number of aliphatic carboxylic acids is 1. The Labute approximate surface area is 136 Å². The molecule has 0 spiro atoms. The number of ether oxygens (including phenoxy) is 2. The molecule has 1 unspecified atom stereocenters. The lowest BCUT2D eigenvalue weighted by Crippen LogP contribution is -2.30. The Morgan fingerprint density at radius 1 is 1.09 bits per heavy atom. The van der Waals surface area contributed by atoms with Crippen molar-refractivity contribution in [3.63, 3.8) is 0 Å². The lowest BCUT2D eigenvalue weighted by atomic mass is 9.95. The fourth-order valence-electron chi connectivity index (χ4n) is 2.74. The van der Waals surface area contributed by atoms with Gasteiger partial charge in [0.05, 0.1) is 7.11 Å². The Morgan fingerprint density at radius 3 is 2.26 bits per heavy atom. The van der Waals surface area contributed by atoms with Crippen molar-refractivity contribution >= 4 is 5.97 Å². The van der Waals surface area contributed by atoms with Crippen LogP contribution < -0.4 is 9.47 Å². The van der Waals surface area contributed by atoms with Crippen molar-refractivity contribution < 1.29 is 19.4 Å². The zero-order valence-corrected chi connectivity index (χ0v) is 13.9. The van der Waals surface area contributed by atoms with Crippen LogP contribution in [0.4, 0.5) is 0 Å². The van der Waals surface area contributed by atoms with Gasteiger partial charge in [0, 0.05) is 12.5 Å². The van der Waals surface area contributed by atoms with Crippen molar-refractivity contribution in [1.29, 1.82) is 0 Å². The van der Waals surface area contributed by atoms with Gasteiger partial charge in [-0.2, -0.15) is 0 Å². The number of hydrogen-bond acceptors (Lipinski definition) is 3. The number of rotatable bonds is 6. The fraction of sp³-hybridized carbons (Fsp3) is 0.316. The quantitative estimate of drug-likeness (QED) is 0.883. The van der Waals surface area contributed by atoms with Crippen LogP contribution in [0.25, 0.3) is 0 Å². The summed E-state index contributed by atoms with van der Waals surface area (Å²) in [6.45, 7) is 6.03. The summed E-state index contributed by atoms with van der Waals surface area (Å²) in [5, 5.41) is 9.50. The minimum Gasteiger partial charge on any atom is -0.497 e. The third-order valence-corrected chi connectivity index (χ3v) is 3.82. The van der Waals surface area contributed by atoms with Crippen molar-refractivity contribution in [3.8, 4) is 11.5 Å². The lowest BCUT2D eigenvalue weighted by molar-refractivity contribution is -0.145. The summed E-state index contributed by atoms with van der Waals surface area (Å²) in [6, 6.07) is 11.1. The first-order valence-electron chi connectivity index (χ1n) is 7.51. The molecule has 0 bridgehead atoms. The van der Waals surface area contributed by atoms with Gasteiger partial charge in [0.25, 0.3) is 0 Å². The SMILES string of the molecule is COc1cccc(OC(Cc2c(C)cc(C)cc2C)C(=O)O)c1. The molecule has 2 aromatic carbocycles. The van der Waals surface area contributed by atoms with Crippen LogP contribution >= 0.6 is 0 Å². The second kappa shape index (κ2) is 7.18. The van der Waals surface area contributed by atoms with E-state index in [0.29, 0.717) is 17.9 Å². The van der Waals surface area contributed by atoms with Gasteiger partial charge in [-0.05, 0) is 49.6 Å². The molecule has 0 saturated carbocycles. The molecule has 0 saturated heterocycles. The van der Waals surface area contributed by atoms with E-state index < -0.39 is 12.1 Å². The summed E-state index contributed by atoms with van der Waals surface area (Å²) < 4.78 is 10.8. The van der Waals surface area contributed by atoms with Crippen LogP contribution in [-0.4, -0.2) is 24.3 Å². The van der Waals surface area contributed by atoms with Gasteiger partial charge in [0.15, 0.2) is 6.10 Å². The summed E-state index contributed by atoms with van der Waals surface area (Å²) in [6.07, 6.45) is -0.618. The third kappa shape index (κ3) is 4.25. The van der Waals surface area contributed by atoms with Crippen LogP contribution in [0.2, 0.25) is 0 Å². The molecule has 2 aromatic rings. The molecule has 0 amide bonds. The van der Waals surface area contributed by atoms with Gasteiger partial charge < -0.3 is 14.6 Å². The fourth-order valence-corrected chi connectivity index (χ4v) is 2.74. The highest BCUT2D eigenvalue weighted by molar-refractivity contribution is 5.73. The normalized spacial score (nSPS) is 11.8. The molecule has 122 valence electrons. The zero-order valence-electron chi connectivity index (χ0n) is 13.9. The summed E-state index contributed by atoms with van der Waals surface area (Å²) in [4.78, 5) is 11.6. The van der Waals surface area contributed by atoms with Gasteiger partial charge in [-0.25, -0.2) is 4.79 Å². The van der Waals surface area contributed by atoms with Gasteiger partial charge in [-0.3, -0.25) is 0 Å². The number of carbonyl (C=O) groups is 1. The van der Waals surface area contributed by atoms with Crippen LogP contribution in [0, 0.1) is 20.8 Å². The first-order chi connectivity index (χ1) is 10.9. The number of methoxy groups -OCH3 is 1. The van der Waals surface area contributed by atoms with E-state index in [4.69, 9.17) is 9.47 Å². The van der Waals surface area contributed by atoms with E-state index in [1.807, 2.05) is 20.8 Å². The van der Waals surface area contributed by atoms with Crippen molar-refractivity contribution in [2.75, 3.05) is 7.11 Å². The number of aryl methyl sites for hydroxylation is 3. The molecule has 0 fully saturated rings. The van der Waals surface area contributed by atoms with Crippen LogP contribution in [0.5, 0.6) is 11.5 Å². The van der Waals surface area contributed by atoms with E-state index >= 15 is 0 Å². The Kier molecular flexibility index (Phi) is 5.27. The van der Waals surface area contributed by atoms with E-state index in [1.165, 1.54) is 5.56 Å². The molecule has 1 atom stereocenters. The Hall–Kier alpha value is -2.49. The van der Waals surface area contributed by atoms with Gasteiger partial charge in [-0.1, -0.05) is 23.8 Å². The van der Waals surface area contributed by atoms with Gasteiger partial charge in [0.2, 0.25) is 0 Å². The summed E-state index contributed by atoms with van der Waals surface area (Å²) in [7, 11) is 1.56. The average Bonchev–Trinajstić information content (AvgIpc) is 2.49. The number of carboxylic acid groups (broad SMARTS) is 1. The predicted molar refractivity (Wildman–Crippen MR) is 89.4 cm³/mol. The molecule has 0 heterocycles. The van der Waals surface area contributed by atoms with E-state index in [1.54, 1.807) is 31.4 Å². The summed E-state index contributed by atoms with van der Waals surface area (Å²) in [5.41, 5.74) is 4.36. The Morgan fingerprint density at radius 2 is 1.70 bits per heavy atom. The largest absolute Gasteiger partial charge is 0.497 e. The first kappa shape index (κ1) is 16.9. The molecule has 0 aliphatic rings. The maximum Gasteiger partial charge on any atom is 0.345 e. The van der Waals surface area contributed by atoms with Crippen LogP contribution in [-0.2, 0) is 11.2 Å². The second-order valence-corrected chi connectivity index (χ2v) is 5.71. The Balaban J connectivity index is 2.24. The molecule has 4 nitrogen and oxygen atoms in total. The lowest BCUT2D eigenvalue weighted by Gasteiger charge is -2.18.